The highest BCUT2D eigenvalue weighted by molar-refractivity contribution is 7.89. The molecule has 0 saturated carbocycles. The molecule has 0 atom stereocenters. The molecule has 2 aliphatic rings. The van der Waals surface area contributed by atoms with E-state index in [2.05, 4.69) is 5.32 Å². The topological polar surface area (TPSA) is 122 Å². The average Bonchev–Trinajstić information content (AvgIpc) is 2.98. The third-order valence-electron chi connectivity index (χ3n) is 5.16. The summed E-state index contributed by atoms with van der Waals surface area (Å²) in [6, 6.07) is 4.10. The third-order valence-corrected chi connectivity index (χ3v) is 7.54. The number of rotatable bonds is 7. The number of nitrogens with one attached hydrogen (secondary N) is 1. The maximum atomic E-state index is 12.9. The first kappa shape index (κ1) is 24.4. The number of amides is 2. The van der Waals surface area contributed by atoms with Crippen LogP contribution in [-0.2, 0) is 33.9 Å². The minimum Gasteiger partial charge on any atom is -0.454 e. The molecule has 1 aromatic rings. The van der Waals surface area contributed by atoms with Gasteiger partial charge in [0.2, 0.25) is 15.9 Å². The second-order valence-corrected chi connectivity index (χ2v) is 9.81. The van der Waals surface area contributed by atoms with E-state index in [0.717, 1.165) is 19.3 Å². The van der Waals surface area contributed by atoms with Crippen molar-refractivity contribution in [2.75, 3.05) is 51.3 Å². The van der Waals surface area contributed by atoms with E-state index in [0.29, 0.717) is 26.2 Å². The number of ether oxygens (including phenoxy) is 2. The van der Waals surface area contributed by atoms with Crippen LogP contribution >= 0.6 is 11.6 Å². The van der Waals surface area contributed by atoms with Gasteiger partial charge >= 0.3 is 5.97 Å². The van der Waals surface area contributed by atoms with Gasteiger partial charge in [0.1, 0.15) is 11.4 Å². The molecular weight excluding hydrogens is 462 g/mol. The fourth-order valence-corrected chi connectivity index (χ4v) is 5.36. The lowest BCUT2D eigenvalue weighted by Gasteiger charge is -2.26. The molecule has 0 bridgehead atoms. The molecule has 2 heterocycles. The van der Waals surface area contributed by atoms with Crippen LogP contribution in [0.15, 0.2) is 23.1 Å². The summed E-state index contributed by atoms with van der Waals surface area (Å²) < 4.78 is 37.2. The second-order valence-electron chi connectivity index (χ2n) is 7.50. The third kappa shape index (κ3) is 6.41. The van der Waals surface area contributed by atoms with E-state index in [1.54, 1.807) is 0 Å². The molecule has 176 valence electrons. The maximum Gasteiger partial charge on any atom is 0.326 e. The summed E-state index contributed by atoms with van der Waals surface area (Å²) >= 11 is 6.10. The van der Waals surface area contributed by atoms with Crippen molar-refractivity contribution in [1.82, 2.24) is 9.21 Å². The quantitative estimate of drug-likeness (QED) is 0.574. The SMILES string of the molecule is O=C(COC(=O)CN1CCCCCC1=O)Nc1ccc(Cl)c(S(=O)(=O)N2CCOCC2)c1. The molecule has 2 amide bonds. The van der Waals surface area contributed by atoms with Gasteiger partial charge in [0.25, 0.3) is 5.91 Å². The molecule has 0 aromatic heterocycles. The van der Waals surface area contributed by atoms with Crippen molar-refractivity contribution < 1.29 is 32.3 Å². The van der Waals surface area contributed by atoms with Crippen molar-refractivity contribution in [3.63, 3.8) is 0 Å². The average molecular weight is 488 g/mol. The summed E-state index contributed by atoms with van der Waals surface area (Å²) in [6.07, 6.45) is 2.97. The Kier molecular flexibility index (Phi) is 8.46. The monoisotopic (exact) mass is 487 g/mol. The van der Waals surface area contributed by atoms with Crippen LogP contribution in [0.2, 0.25) is 5.02 Å². The Morgan fingerprint density at radius 2 is 1.88 bits per heavy atom. The Balaban J connectivity index is 1.56. The van der Waals surface area contributed by atoms with Crippen LogP contribution < -0.4 is 5.32 Å². The number of carbonyl (C=O) groups is 3. The van der Waals surface area contributed by atoms with Crippen LogP contribution in [0, 0.1) is 0 Å². The largest absolute Gasteiger partial charge is 0.454 e. The second kappa shape index (κ2) is 11.1. The fourth-order valence-electron chi connectivity index (χ4n) is 3.46. The fraction of sp³-hybridized carbons (Fsp3) is 0.550. The number of sulfonamides is 1. The van der Waals surface area contributed by atoms with E-state index < -0.39 is 28.5 Å². The highest BCUT2D eigenvalue weighted by Gasteiger charge is 2.29. The normalized spacial score (nSPS) is 18.2. The molecule has 1 aromatic carbocycles. The first-order valence-electron chi connectivity index (χ1n) is 10.4. The minimum atomic E-state index is -3.85. The molecule has 1 N–H and O–H groups in total. The van der Waals surface area contributed by atoms with Crippen molar-refractivity contribution >= 4 is 45.1 Å². The van der Waals surface area contributed by atoms with Gasteiger partial charge in [-0.15, -0.1) is 0 Å². The van der Waals surface area contributed by atoms with Crippen LogP contribution in [-0.4, -0.2) is 81.4 Å². The summed E-state index contributed by atoms with van der Waals surface area (Å²) in [6.45, 7) is 0.744. The van der Waals surface area contributed by atoms with E-state index in [1.165, 1.54) is 27.4 Å². The number of benzene rings is 1. The van der Waals surface area contributed by atoms with Gasteiger partial charge in [-0.05, 0) is 31.0 Å². The summed E-state index contributed by atoms with van der Waals surface area (Å²) in [5.74, 6) is -1.42. The van der Waals surface area contributed by atoms with Gasteiger partial charge in [-0.3, -0.25) is 14.4 Å². The summed E-state index contributed by atoms with van der Waals surface area (Å²) in [5, 5.41) is 2.53. The van der Waals surface area contributed by atoms with Gasteiger partial charge in [-0.2, -0.15) is 4.31 Å². The van der Waals surface area contributed by atoms with Crippen molar-refractivity contribution in [2.24, 2.45) is 0 Å². The predicted molar refractivity (Wildman–Crippen MR) is 116 cm³/mol. The smallest absolute Gasteiger partial charge is 0.326 e. The number of morpholine rings is 1. The first-order chi connectivity index (χ1) is 15.3. The number of likely N-dealkylation sites (tertiary alicyclic amines) is 1. The van der Waals surface area contributed by atoms with Crippen LogP contribution in [0.25, 0.3) is 0 Å². The van der Waals surface area contributed by atoms with Crippen molar-refractivity contribution in [1.29, 1.82) is 0 Å². The lowest BCUT2D eigenvalue weighted by atomic mass is 10.2. The number of carbonyl (C=O) groups excluding carboxylic acids is 3. The molecule has 0 spiro atoms. The molecule has 32 heavy (non-hydrogen) atoms. The molecule has 2 saturated heterocycles. The van der Waals surface area contributed by atoms with Crippen LogP contribution in [0.4, 0.5) is 5.69 Å². The molecule has 0 unspecified atom stereocenters. The zero-order valence-electron chi connectivity index (χ0n) is 17.5. The standard InChI is InChI=1S/C20H26ClN3O7S/c21-16-6-5-15(12-17(16)32(28,29)24-8-10-30-11-9-24)22-18(25)14-31-20(27)13-23-7-3-1-2-4-19(23)26/h5-6,12H,1-4,7-11,13-14H2,(H,22,25). The zero-order valence-corrected chi connectivity index (χ0v) is 19.1. The highest BCUT2D eigenvalue weighted by Crippen LogP contribution is 2.28. The van der Waals surface area contributed by atoms with E-state index in [1.807, 2.05) is 0 Å². The summed E-state index contributed by atoms with van der Waals surface area (Å²) in [4.78, 5) is 37.5. The number of hydrogen-bond donors (Lipinski definition) is 1. The summed E-state index contributed by atoms with van der Waals surface area (Å²) in [5.41, 5.74) is 0.199. The number of esters is 1. The Morgan fingerprint density at radius 1 is 1.12 bits per heavy atom. The van der Waals surface area contributed by atoms with Crippen LogP contribution in [0.5, 0.6) is 0 Å². The Hall–Kier alpha value is -2.21. The lowest BCUT2D eigenvalue weighted by molar-refractivity contribution is -0.151. The Bertz CT molecular complexity index is 964. The predicted octanol–water partition coefficient (Wildman–Crippen LogP) is 1.25. The van der Waals surface area contributed by atoms with Crippen molar-refractivity contribution in [3.05, 3.63) is 23.2 Å². The number of nitrogens with zero attached hydrogens (tertiary/aromatic N) is 2. The van der Waals surface area contributed by atoms with Gasteiger partial charge in [0, 0.05) is 31.7 Å². The van der Waals surface area contributed by atoms with E-state index in [-0.39, 0.29) is 41.1 Å². The van der Waals surface area contributed by atoms with Gasteiger partial charge in [-0.25, -0.2) is 8.42 Å². The number of anilines is 1. The lowest BCUT2D eigenvalue weighted by Crippen LogP contribution is -2.40. The molecule has 12 heteroatoms. The molecule has 0 aliphatic carbocycles. The number of hydrogen-bond acceptors (Lipinski definition) is 7. The van der Waals surface area contributed by atoms with Crippen LogP contribution in [0.3, 0.4) is 0 Å². The molecule has 0 radical (unpaired) electrons. The Labute approximate surface area is 191 Å². The molecular formula is C20H26ClN3O7S. The van der Waals surface area contributed by atoms with Gasteiger partial charge in [-0.1, -0.05) is 18.0 Å². The minimum absolute atomic E-state index is 0.0306. The van der Waals surface area contributed by atoms with E-state index in [4.69, 9.17) is 21.1 Å². The van der Waals surface area contributed by atoms with E-state index in [9.17, 15) is 22.8 Å². The van der Waals surface area contributed by atoms with Crippen LogP contribution in [0.1, 0.15) is 25.7 Å². The molecule has 2 fully saturated rings. The highest BCUT2D eigenvalue weighted by atomic mass is 35.5. The van der Waals surface area contributed by atoms with Gasteiger partial charge < -0.3 is 19.7 Å². The van der Waals surface area contributed by atoms with Gasteiger partial charge in [0.05, 0.1) is 18.2 Å². The summed E-state index contributed by atoms with van der Waals surface area (Å²) in [7, 11) is -3.85. The van der Waals surface area contributed by atoms with Gasteiger partial charge in [0.15, 0.2) is 6.61 Å². The molecule has 10 nitrogen and oxygen atoms in total. The molecule has 2 aliphatic heterocycles. The van der Waals surface area contributed by atoms with Crippen molar-refractivity contribution in [3.8, 4) is 0 Å². The maximum absolute atomic E-state index is 12.9. The number of halogens is 1. The Morgan fingerprint density at radius 3 is 2.62 bits per heavy atom. The first-order valence-corrected chi connectivity index (χ1v) is 12.2. The zero-order chi connectivity index (χ0) is 23.1. The van der Waals surface area contributed by atoms with Crippen molar-refractivity contribution in [2.45, 2.75) is 30.6 Å². The van der Waals surface area contributed by atoms with E-state index >= 15 is 0 Å². The molecule has 3 rings (SSSR count).